The lowest BCUT2D eigenvalue weighted by Crippen LogP contribution is -2.38. The number of carbonyl (C=O) groups excluding carboxylic acids is 1. The van der Waals surface area contributed by atoms with Gasteiger partial charge in [0.2, 0.25) is 11.9 Å². The van der Waals surface area contributed by atoms with E-state index < -0.39 is 33.3 Å². The smallest absolute Gasteiger partial charge is 0.345 e. The van der Waals surface area contributed by atoms with Crippen LogP contribution in [0.1, 0.15) is 36.7 Å². The second-order valence-corrected chi connectivity index (χ2v) is 10.2. The maximum absolute atomic E-state index is 12.9. The van der Waals surface area contributed by atoms with Crippen molar-refractivity contribution < 1.29 is 27.9 Å². The van der Waals surface area contributed by atoms with Crippen molar-refractivity contribution in [3.8, 4) is 0 Å². The van der Waals surface area contributed by atoms with E-state index in [1.807, 2.05) is 0 Å². The summed E-state index contributed by atoms with van der Waals surface area (Å²) >= 11 is 1.03. The number of fused-ring (bicyclic) bond motifs is 1. The molecule has 1 aliphatic rings. The minimum absolute atomic E-state index is 0.0154. The number of carboxylic acid groups (broad SMARTS) is 1. The van der Waals surface area contributed by atoms with Crippen molar-refractivity contribution in [1.29, 1.82) is 0 Å². The molecule has 1 atom stereocenters. The molecule has 0 fully saturated rings. The van der Waals surface area contributed by atoms with E-state index in [-0.39, 0.29) is 21.2 Å². The Morgan fingerprint density at radius 2 is 1.79 bits per heavy atom. The van der Waals surface area contributed by atoms with Crippen molar-refractivity contribution in [2.45, 2.75) is 31.1 Å². The van der Waals surface area contributed by atoms with Crippen LogP contribution in [0.2, 0.25) is 0 Å². The van der Waals surface area contributed by atoms with Gasteiger partial charge in [0, 0.05) is 22.6 Å². The maximum atomic E-state index is 12.9. The van der Waals surface area contributed by atoms with Crippen LogP contribution in [0.4, 0.5) is 0 Å². The largest absolute Gasteiger partial charge is 0.478 e. The van der Waals surface area contributed by atoms with Crippen molar-refractivity contribution in [1.82, 2.24) is 0 Å². The van der Waals surface area contributed by atoms with Crippen LogP contribution >= 0.6 is 11.3 Å². The third kappa shape index (κ3) is 4.30. The molecule has 0 aliphatic heterocycles. The predicted molar refractivity (Wildman–Crippen MR) is 109 cm³/mol. The average molecular weight is 434 g/mol. The Bertz CT molecular complexity index is 1120. The predicted octanol–water partition coefficient (Wildman–Crippen LogP) is 3.52. The van der Waals surface area contributed by atoms with Gasteiger partial charge in [0.25, 0.3) is 10.0 Å². The SMILES string of the molecule is CC(C)(C)C(OC1=C/C(=N\S(=O)(=O)c2cccs2)c2ccccc2C1=O)C(=O)O. The van der Waals surface area contributed by atoms with Crippen molar-refractivity contribution in [3.05, 3.63) is 64.7 Å². The van der Waals surface area contributed by atoms with Crippen LogP contribution in [-0.2, 0) is 19.6 Å². The quantitative estimate of drug-likeness (QED) is 0.772. The molecular weight excluding hydrogens is 414 g/mol. The summed E-state index contributed by atoms with van der Waals surface area (Å²) in [6.45, 7) is 5.01. The molecule has 1 N–H and O–H groups in total. The Kier molecular flexibility index (Phi) is 5.46. The summed E-state index contributed by atoms with van der Waals surface area (Å²) in [5, 5.41) is 11.1. The zero-order chi connectivity index (χ0) is 21.4. The number of allylic oxidation sites excluding steroid dienone is 2. The highest BCUT2D eigenvalue weighted by Gasteiger charge is 2.37. The first-order chi connectivity index (χ1) is 13.5. The van der Waals surface area contributed by atoms with E-state index in [1.165, 1.54) is 18.2 Å². The number of aliphatic carboxylic acids is 1. The molecule has 1 aromatic heterocycles. The first-order valence-electron chi connectivity index (χ1n) is 8.64. The van der Waals surface area contributed by atoms with Gasteiger partial charge in [-0.1, -0.05) is 51.1 Å². The van der Waals surface area contributed by atoms with Gasteiger partial charge < -0.3 is 9.84 Å². The Labute approximate surface area is 172 Å². The molecule has 9 heteroatoms. The number of ether oxygens (including phenoxy) is 1. The number of benzene rings is 1. The van der Waals surface area contributed by atoms with Gasteiger partial charge in [0.15, 0.2) is 5.76 Å². The average Bonchev–Trinajstić information content (AvgIpc) is 3.17. The number of hydrogen-bond acceptors (Lipinski definition) is 6. The second-order valence-electron chi connectivity index (χ2n) is 7.47. The molecule has 0 amide bonds. The fraction of sp³-hybridized carbons (Fsp3) is 0.250. The van der Waals surface area contributed by atoms with E-state index in [0.29, 0.717) is 5.56 Å². The van der Waals surface area contributed by atoms with Crippen molar-refractivity contribution in [3.63, 3.8) is 0 Å². The monoisotopic (exact) mass is 433 g/mol. The number of nitrogens with zero attached hydrogens (tertiary/aromatic N) is 1. The van der Waals surface area contributed by atoms with Crippen LogP contribution in [0.5, 0.6) is 0 Å². The maximum Gasteiger partial charge on any atom is 0.345 e. The van der Waals surface area contributed by atoms with Crippen LogP contribution in [0.15, 0.2) is 62.2 Å². The van der Waals surface area contributed by atoms with Crippen LogP contribution in [-0.4, -0.2) is 37.1 Å². The Morgan fingerprint density at radius 1 is 1.14 bits per heavy atom. The van der Waals surface area contributed by atoms with Crippen LogP contribution in [0.25, 0.3) is 0 Å². The first kappa shape index (κ1) is 20.9. The summed E-state index contributed by atoms with van der Waals surface area (Å²) in [6, 6.07) is 9.43. The lowest BCUT2D eigenvalue weighted by atomic mass is 9.88. The highest BCUT2D eigenvalue weighted by atomic mass is 32.2. The number of ketones is 1. The topological polar surface area (TPSA) is 110 Å². The van der Waals surface area contributed by atoms with Crippen LogP contribution in [0.3, 0.4) is 0 Å². The van der Waals surface area contributed by atoms with Crippen LogP contribution < -0.4 is 0 Å². The molecule has 1 heterocycles. The van der Waals surface area contributed by atoms with E-state index >= 15 is 0 Å². The van der Waals surface area contributed by atoms with E-state index in [1.54, 1.807) is 50.4 Å². The Balaban J connectivity index is 2.13. The van der Waals surface area contributed by atoms with Gasteiger partial charge in [-0.25, -0.2) is 4.79 Å². The fourth-order valence-corrected chi connectivity index (χ4v) is 4.74. The van der Waals surface area contributed by atoms with Gasteiger partial charge in [0.1, 0.15) is 4.21 Å². The molecule has 0 bridgehead atoms. The Morgan fingerprint density at radius 3 is 2.34 bits per heavy atom. The molecule has 0 radical (unpaired) electrons. The third-order valence-electron chi connectivity index (χ3n) is 4.16. The summed E-state index contributed by atoms with van der Waals surface area (Å²) < 4.78 is 34.8. The highest BCUT2D eigenvalue weighted by molar-refractivity contribution is 7.92. The van der Waals surface area contributed by atoms with E-state index in [4.69, 9.17) is 4.74 Å². The van der Waals surface area contributed by atoms with Gasteiger partial charge in [-0.05, 0) is 11.4 Å². The van der Waals surface area contributed by atoms with Crippen molar-refractivity contribution in [2.75, 3.05) is 0 Å². The first-order valence-corrected chi connectivity index (χ1v) is 11.0. The summed E-state index contributed by atoms with van der Waals surface area (Å²) in [5.41, 5.74) is -0.248. The van der Waals surface area contributed by atoms with Gasteiger partial charge >= 0.3 is 5.97 Å². The zero-order valence-corrected chi connectivity index (χ0v) is 17.6. The molecule has 1 unspecified atom stereocenters. The van der Waals surface area contributed by atoms with Gasteiger partial charge in [-0.2, -0.15) is 12.8 Å². The normalized spacial score (nSPS) is 16.9. The van der Waals surface area contributed by atoms with Gasteiger partial charge in [0.05, 0.1) is 5.71 Å². The molecular formula is C20H19NO6S2. The molecule has 7 nitrogen and oxygen atoms in total. The third-order valence-corrected chi connectivity index (χ3v) is 6.83. The number of rotatable bonds is 5. The van der Waals surface area contributed by atoms with Crippen molar-refractivity contribution in [2.24, 2.45) is 9.81 Å². The Hall–Kier alpha value is -2.78. The van der Waals surface area contributed by atoms with E-state index in [9.17, 15) is 23.1 Å². The molecule has 1 aliphatic carbocycles. The molecule has 152 valence electrons. The summed E-state index contributed by atoms with van der Waals surface area (Å²) in [7, 11) is -3.99. The lowest BCUT2D eigenvalue weighted by Gasteiger charge is -2.29. The molecule has 1 aromatic carbocycles. The minimum Gasteiger partial charge on any atom is -0.478 e. The molecule has 0 saturated heterocycles. The minimum atomic E-state index is -3.99. The number of carbonyl (C=O) groups is 2. The molecule has 3 rings (SSSR count). The fourth-order valence-electron chi connectivity index (χ4n) is 2.78. The summed E-state index contributed by atoms with van der Waals surface area (Å²) in [5.74, 6) is -2.01. The van der Waals surface area contributed by atoms with Gasteiger partial charge in [-0.3, -0.25) is 4.79 Å². The highest BCUT2D eigenvalue weighted by Crippen LogP contribution is 2.30. The number of hydrogen-bond donors (Lipinski definition) is 1. The number of thiophene rings is 1. The van der Waals surface area contributed by atoms with Crippen molar-refractivity contribution >= 4 is 38.8 Å². The molecule has 29 heavy (non-hydrogen) atoms. The molecule has 0 spiro atoms. The lowest BCUT2D eigenvalue weighted by molar-refractivity contribution is -0.153. The standard InChI is InChI=1S/C20H19NO6S2/c1-20(2,3)18(19(23)24)27-15-11-14(12-7-4-5-8-13(12)17(15)22)21-29(25,26)16-9-6-10-28-16/h4-11,18H,1-3H3,(H,23,24)/b21-14+. The number of Topliss-reactive ketones (excluding diaryl/α,β-unsaturated/α-hetero) is 1. The van der Waals surface area contributed by atoms with Gasteiger partial charge in [-0.15, -0.1) is 11.3 Å². The number of sulfonamides is 1. The van der Waals surface area contributed by atoms with Crippen LogP contribution in [0, 0.1) is 5.41 Å². The number of carboxylic acids is 1. The summed E-state index contributed by atoms with van der Waals surface area (Å²) in [4.78, 5) is 24.5. The molecule has 0 saturated carbocycles. The molecule has 2 aromatic rings. The summed E-state index contributed by atoms with van der Waals surface area (Å²) in [6.07, 6.45) is -0.115. The second kappa shape index (κ2) is 7.57. The zero-order valence-electron chi connectivity index (χ0n) is 15.9. The van der Waals surface area contributed by atoms with E-state index in [2.05, 4.69) is 4.40 Å². The van der Waals surface area contributed by atoms with E-state index in [0.717, 1.165) is 11.3 Å².